The molecule has 4 nitrogen and oxygen atoms in total. The number of aryl methyl sites for hydroxylation is 2. The van der Waals surface area contributed by atoms with E-state index in [-0.39, 0.29) is 0 Å². The van der Waals surface area contributed by atoms with Crippen LogP contribution >= 0.6 is 0 Å². The SMILES string of the molecule is Cc1cccc(C)c1N1COCC(CC(C)C)(C(=O)O)C1. The molecule has 21 heavy (non-hydrogen) atoms. The summed E-state index contributed by atoms with van der Waals surface area (Å²) in [6.07, 6.45) is 0.629. The number of aliphatic carboxylic acids is 1. The molecule has 0 saturated carbocycles. The Morgan fingerprint density at radius 2 is 2.00 bits per heavy atom. The molecule has 1 unspecified atom stereocenters. The van der Waals surface area contributed by atoms with Gasteiger partial charge in [0.15, 0.2) is 0 Å². The van der Waals surface area contributed by atoms with Gasteiger partial charge >= 0.3 is 5.97 Å². The van der Waals surface area contributed by atoms with Crippen molar-refractivity contribution in [3.63, 3.8) is 0 Å². The van der Waals surface area contributed by atoms with E-state index < -0.39 is 11.4 Å². The van der Waals surface area contributed by atoms with Crippen LogP contribution in [0.4, 0.5) is 5.69 Å². The number of carboxylic acids is 1. The molecule has 2 rings (SSSR count). The second-order valence-electron chi connectivity index (χ2n) is 6.60. The van der Waals surface area contributed by atoms with Crippen LogP contribution in [0, 0.1) is 25.2 Å². The lowest BCUT2D eigenvalue weighted by molar-refractivity contribution is -0.156. The number of carbonyl (C=O) groups is 1. The number of hydrogen-bond acceptors (Lipinski definition) is 3. The van der Waals surface area contributed by atoms with E-state index >= 15 is 0 Å². The van der Waals surface area contributed by atoms with E-state index in [0.29, 0.717) is 32.2 Å². The normalized spacial score (nSPS) is 22.6. The second-order valence-corrected chi connectivity index (χ2v) is 6.60. The molecular weight excluding hydrogens is 266 g/mol. The molecule has 1 fully saturated rings. The van der Waals surface area contributed by atoms with Gasteiger partial charge in [-0.15, -0.1) is 0 Å². The van der Waals surface area contributed by atoms with Gasteiger partial charge < -0.3 is 14.7 Å². The Kier molecular flexibility index (Phi) is 4.57. The first-order valence-corrected chi connectivity index (χ1v) is 7.48. The first-order chi connectivity index (χ1) is 9.85. The fraction of sp³-hybridized carbons (Fsp3) is 0.588. The molecule has 1 aromatic carbocycles. The van der Waals surface area contributed by atoms with E-state index in [1.807, 2.05) is 6.07 Å². The van der Waals surface area contributed by atoms with Crippen molar-refractivity contribution in [1.82, 2.24) is 0 Å². The van der Waals surface area contributed by atoms with Crippen molar-refractivity contribution in [3.8, 4) is 0 Å². The summed E-state index contributed by atoms with van der Waals surface area (Å²) in [5.41, 5.74) is 2.60. The van der Waals surface area contributed by atoms with Crippen LogP contribution in [0.25, 0.3) is 0 Å². The van der Waals surface area contributed by atoms with Crippen LogP contribution in [-0.4, -0.2) is 31.0 Å². The highest BCUT2D eigenvalue weighted by Crippen LogP contribution is 2.36. The third-order valence-electron chi connectivity index (χ3n) is 4.13. The number of anilines is 1. The van der Waals surface area contributed by atoms with Gasteiger partial charge in [0.1, 0.15) is 12.1 Å². The predicted molar refractivity (Wildman–Crippen MR) is 83.6 cm³/mol. The van der Waals surface area contributed by atoms with E-state index in [1.54, 1.807) is 0 Å². The van der Waals surface area contributed by atoms with Gasteiger partial charge in [-0.2, -0.15) is 0 Å². The fourth-order valence-corrected chi connectivity index (χ4v) is 3.38. The van der Waals surface area contributed by atoms with Crippen molar-refractivity contribution < 1.29 is 14.6 Å². The fourth-order valence-electron chi connectivity index (χ4n) is 3.38. The highest BCUT2D eigenvalue weighted by Gasteiger charge is 2.44. The molecule has 1 aliphatic heterocycles. The molecular formula is C17H25NO3. The summed E-state index contributed by atoms with van der Waals surface area (Å²) >= 11 is 0. The summed E-state index contributed by atoms with van der Waals surface area (Å²) in [6.45, 7) is 9.49. The topological polar surface area (TPSA) is 49.8 Å². The maximum absolute atomic E-state index is 11.9. The van der Waals surface area contributed by atoms with Crippen molar-refractivity contribution in [1.29, 1.82) is 0 Å². The van der Waals surface area contributed by atoms with Gasteiger partial charge in [0, 0.05) is 12.2 Å². The lowest BCUT2D eigenvalue weighted by atomic mass is 9.79. The molecule has 1 N–H and O–H groups in total. The molecule has 0 aliphatic carbocycles. The number of rotatable bonds is 4. The number of para-hydroxylation sites is 1. The van der Waals surface area contributed by atoms with Crippen LogP contribution < -0.4 is 4.90 Å². The number of hydrogen-bond donors (Lipinski definition) is 1. The Morgan fingerprint density at radius 1 is 1.38 bits per heavy atom. The summed E-state index contributed by atoms with van der Waals surface area (Å²) in [4.78, 5) is 13.9. The van der Waals surface area contributed by atoms with Crippen molar-refractivity contribution >= 4 is 11.7 Å². The van der Waals surface area contributed by atoms with Gasteiger partial charge in [0.05, 0.1) is 6.61 Å². The number of benzene rings is 1. The van der Waals surface area contributed by atoms with Crippen LogP contribution in [0.1, 0.15) is 31.4 Å². The van der Waals surface area contributed by atoms with Crippen LogP contribution in [0.15, 0.2) is 18.2 Å². The lowest BCUT2D eigenvalue weighted by Crippen LogP contribution is -2.52. The summed E-state index contributed by atoms with van der Waals surface area (Å²) in [5, 5.41) is 9.73. The third kappa shape index (κ3) is 3.21. The number of nitrogens with zero attached hydrogens (tertiary/aromatic N) is 1. The molecule has 1 aliphatic rings. The smallest absolute Gasteiger partial charge is 0.313 e. The largest absolute Gasteiger partial charge is 0.481 e. The van der Waals surface area contributed by atoms with Gasteiger partial charge in [0.25, 0.3) is 0 Å². The molecule has 116 valence electrons. The summed E-state index contributed by atoms with van der Waals surface area (Å²) in [6, 6.07) is 6.14. The second kappa shape index (κ2) is 6.06. The Labute approximate surface area is 126 Å². The van der Waals surface area contributed by atoms with E-state index in [1.165, 1.54) is 0 Å². The lowest BCUT2D eigenvalue weighted by Gasteiger charge is -2.42. The van der Waals surface area contributed by atoms with E-state index in [0.717, 1.165) is 16.8 Å². The first kappa shape index (κ1) is 15.8. The van der Waals surface area contributed by atoms with E-state index in [2.05, 4.69) is 44.7 Å². The molecule has 0 spiro atoms. The zero-order valence-electron chi connectivity index (χ0n) is 13.3. The zero-order chi connectivity index (χ0) is 15.6. The van der Waals surface area contributed by atoms with Crippen LogP contribution in [-0.2, 0) is 9.53 Å². The van der Waals surface area contributed by atoms with E-state index in [4.69, 9.17) is 4.74 Å². The van der Waals surface area contributed by atoms with Crippen LogP contribution in [0.5, 0.6) is 0 Å². The minimum absolute atomic E-state index is 0.294. The molecule has 1 aromatic rings. The number of ether oxygens (including phenoxy) is 1. The number of carboxylic acid groups (broad SMARTS) is 1. The third-order valence-corrected chi connectivity index (χ3v) is 4.13. The van der Waals surface area contributed by atoms with Crippen molar-refractivity contribution in [2.45, 2.75) is 34.1 Å². The zero-order valence-corrected chi connectivity index (χ0v) is 13.3. The van der Waals surface area contributed by atoms with E-state index in [9.17, 15) is 9.90 Å². The van der Waals surface area contributed by atoms with Crippen LogP contribution in [0.3, 0.4) is 0 Å². The average molecular weight is 291 g/mol. The Morgan fingerprint density at radius 3 is 2.52 bits per heavy atom. The summed E-state index contributed by atoms with van der Waals surface area (Å²) < 4.78 is 5.67. The van der Waals surface area contributed by atoms with Crippen molar-refractivity contribution in [2.75, 3.05) is 24.8 Å². The standard InChI is InChI=1S/C17H25NO3/c1-12(2)8-17(16(19)20)9-18(11-21-10-17)15-13(3)6-5-7-14(15)4/h5-7,12H,8-11H2,1-4H3,(H,19,20). The van der Waals surface area contributed by atoms with Gasteiger partial charge in [-0.1, -0.05) is 32.0 Å². The van der Waals surface area contributed by atoms with Gasteiger partial charge in [0.2, 0.25) is 0 Å². The maximum Gasteiger partial charge on any atom is 0.313 e. The minimum Gasteiger partial charge on any atom is -0.481 e. The first-order valence-electron chi connectivity index (χ1n) is 7.48. The summed E-state index contributed by atoms with van der Waals surface area (Å²) in [5.74, 6) is -0.435. The highest BCUT2D eigenvalue weighted by molar-refractivity contribution is 5.76. The van der Waals surface area contributed by atoms with Gasteiger partial charge in [-0.05, 0) is 37.3 Å². The Bertz CT molecular complexity index is 507. The summed E-state index contributed by atoms with van der Waals surface area (Å²) in [7, 11) is 0. The molecule has 0 radical (unpaired) electrons. The molecule has 4 heteroatoms. The van der Waals surface area contributed by atoms with Gasteiger partial charge in [-0.3, -0.25) is 4.79 Å². The molecule has 0 aromatic heterocycles. The highest BCUT2D eigenvalue weighted by atomic mass is 16.5. The Balaban J connectivity index is 2.33. The molecule has 1 heterocycles. The van der Waals surface area contributed by atoms with Crippen molar-refractivity contribution in [3.05, 3.63) is 29.3 Å². The molecule has 1 saturated heterocycles. The quantitative estimate of drug-likeness (QED) is 0.925. The molecule has 0 bridgehead atoms. The van der Waals surface area contributed by atoms with Crippen LogP contribution in [0.2, 0.25) is 0 Å². The Hall–Kier alpha value is -1.55. The maximum atomic E-state index is 11.9. The average Bonchev–Trinajstić information content (AvgIpc) is 2.38. The monoisotopic (exact) mass is 291 g/mol. The minimum atomic E-state index is -0.818. The van der Waals surface area contributed by atoms with Crippen molar-refractivity contribution in [2.24, 2.45) is 11.3 Å². The van der Waals surface area contributed by atoms with Gasteiger partial charge in [-0.25, -0.2) is 0 Å². The molecule has 0 amide bonds. The predicted octanol–water partition coefficient (Wildman–Crippen LogP) is 3.21. The molecule has 1 atom stereocenters.